The molecule has 4 nitrogen and oxygen atoms in total. The molecule has 0 atom stereocenters. The Labute approximate surface area is 105 Å². The number of hydrogen-bond donors (Lipinski definition) is 2. The summed E-state index contributed by atoms with van der Waals surface area (Å²) in [6, 6.07) is 2.90. The van der Waals surface area contributed by atoms with Crippen LogP contribution in [0.4, 0.5) is 0 Å². The number of halogens is 3. The third kappa shape index (κ3) is 3.64. The molecular formula is C6H4Br3O4P. The van der Waals surface area contributed by atoms with E-state index in [9.17, 15) is 4.57 Å². The molecule has 0 spiro atoms. The lowest BCUT2D eigenvalue weighted by molar-refractivity contribution is 0.283. The Balaban J connectivity index is 3.08. The van der Waals surface area contributed by atoms with Crippen molar-refractivity contribution in [3.63, 3.8) is 0 Å². The van der Waals surface area contributed by atoms with Crippen LogP contribution in [0.5, 0.6) is 5.75 Å². The molecule has 0 aliphatic rings. The maximum absolute atomic E-state index is 10.5. The van der Waals surface area contributed by atoms with Crippen LogP contribution in [0.3, 0.4) is 0 Å². The quantitative estimate of drug-likeness (QED) is 0.579. The van der Waals surface area contributed by atoms with Crippen LogP contribution in [0.2, 0.25) is 0 Å². The smallest absolute Gasteiger partial charge is 0.404 e. The van der Waals surface area contributed by atoms with Crippen molar-refractivity contribution in [2.45, 2.75) is 0 Å². The van der Waals surface area contributed by atoms with Crippen LogP contribution in [-0.4, -0.2) is 9.79 Å². The van der Waals surface area contributed by atoms with Crippen molar-refractivity contribution in [1.82, 2.24) is 0 Å². The summed E-state index contributed by atoms with van der Waals surface area (Å²) < 4.78 is 17.0. The largest absolute Gasteiger partial charge is 0.524 e. The summed E-state index contributed by atoms with van der Waals surface area (Å²) >= 11 is 9.64. The van der Waals surface area contributed by atoms with Crippen molar-refractivity contribution in [1.29, 1.82) is 0 Å². The van der Waals surface area contributed by atoms with Gasteiger partial charge in [-0.25, -0.2) is 4.57 Å². The molecule has 1 rings (SSSR count). The van der Waals surface area contributed by atoms with Crippen LogP contribution in [0.25, 0.3) is 0 Å². The molecule has 0 amide bonds. The number of phosphoric ester groups is 1. The van der Waals surface area contributed by atoms with E-state index in [-0.39, 0.29) is 5.75 Å². The van der Waals surface area contributed by atoms with Crippen LogP contribution in [0.1, 0.15) is 0 Å². The van der Waals surface area contributed by atoms with Crippen LogP contribution in [0, 0.1) is 0 Å². The molecule has 0 heterocycles. The summed E-state index contributed by atoms with van der Waals surface area (Å²) in [6.07, 6.45) is 0. The van der Waals surface area contributed by atoms with Gasteiger partial charge in [0.15, 0.2) is 0 Å². The minimum Gasteiger partial charge on any atom is -0.404 e. The van der Waals surface area contributed by atoms with Crippen LogP contribution in [0.15, 0.2) is 25.6 Å². The Morgan fingerprint density at radius 2 is 1.57 bits per heavy atom. The fourth-order valence-corrected chi connectivity index (χ4v) is 2.48. The summed E-state index contributed by atoms with van der Waals surface area (Å²) in [6.45, 7) is 0. The second-order valence-electron chi connectivity index (χ2n) is 2.28. The lowest BCUT2D eigenvalue weighted by atomic mass is 10.3. The summed E-state index contributed by atoms with van der Waals surface area (Å²) in [5.41, 5.74) is 0. The number of phosphoric acid groups is 1. The summed E-state index contributed by atoms with van der Waals surface area (Å²) in [4.78, 5) is 17.1. The summed E-state index contributed by atoms with van der Waals surface area (Å²) in [7, 11) is -4.50. The first-order valence-electron chi connectivity index (χ1n) is 3.19. The lowest BCUT2D eigenvalue weighted by Gasteiger charge is -2.08. The van der Waals surface area contributed by atoms with Gasteiger partial charge in [-0.15, -0.1) is 0 Å². The molecule has 2 N–H and O–H groups in total. The van der Waals surface area contributed by atoms with Crippen LogP contribution < -0.4 is 4.52 Å². The van der Waals surface area contributed by atoms with Crippen molar-refractivity contribution < 1.29 is 18.9 Å². The van der Waals surface area contributed by atoms with E-state index >= 15 is 0 Å². The van der Waals surface area contributed by atoms with Gasteiger partial charge in [-0.1, -0.05) is 0 Å². The molecule has 0 radical (unpaired) electrons. The van der Waals surface area contributed by atoms with E-state index in [1.165, 1.54) is 12.1 Å². The zero-order valence-electron chi connectivity index (χ0n) is 6.45. The monoisotopic (exact) mass is 408 g/mol. The number of hydrogen-bond acceptors (Lipinski definition) is 2. The molecule has 0 saturated heterocycles. The van der Waals surface area contributed by atoms with E-state index in [0.717, 1.165) is 4.47 Å². The summed E-state index contributed by atoms with van der Waals surface area (Å²) in [5.74, 6) is 0.0836. The Kier molecular flexibility index (Phi) is 4.20. The molecule has 78 valence electrons. The zero-order valence-corrected chi connectivity index (χ0v) is 12.1. The predicted octanol–water partition coefficient (Wildman–Crippen LogP) is 3.45. The maximum Gasteiger partial charge on any atom is 0.524 e. The van der Waals surface area contributed by atoms with Crippen molar-refractivity contribution in [2.24, 2.45) is 0 Å². The van der Waals surface area contributed by atoms with E-state index in [0.29, 0.717) is 8.95 Å². The van der Waals surface area contributed by atoms with Gasteiger partial charge in [0, 0.05) is 13.4 Å². The van der Waals surface area contributed by atoms with Gasteiger partial charge in [-0.3, -0.25) is 9.79 Å². The van der Waals surface area contributed by atoms with Gasteiger partial charge in [0.05, 0.1) is 0 Å². The average molecular weight is 411 g/mol. The Morgan fingerprint density at radius 1 is 1.14 bits per heavy atom. The molecule has 0 unspecified atom stereocenters. The van der Waals surface area contributed by atoms with Gasteiger partial charge in [0.2, 0.25) is 0 Å². The highest BCUT2D eigenvalue weighted by Crippen LogP contribution is 2.42. The molecule has 0 aliphatic heterocycles. The van der Waals surface area contributed by atoms with Gasteiger partial charge < -0.3 is 4.52 Å². The van der Waals surface area contributed by atoms with E-state index in [1.54, 1.807) is 0 Å². The van der Waals surface area contributed by atoms with Crippen molar-refractivity contribution in [2.75, 3.05) is 0 Å². The van der Waals surface area contributed by atoms with E-state index in [2.05, 4.69) is 52.3 Å². The number of benzene rings is 1. The second-order valence-corrected chi connectivity index (χ2v) is 5.95. The van der Waals surface area contributed by atoms with Gasteiger partial charge in [0.1, 0.15) is 5.75 Å². The highest BCUT2D eigenvalue weighted by atomic mass is 79.9. The van der Waals surface area contributed by atoms with Crippen LogP contribution >= 0.6 is 55.6 Å². The zero-order chi connectivity index (χ0) is 10.9. The Hall–Kier alpha value is 0.610. The van der Waals surface area contributed by atoms with Gasteiger partial charge in [0.25, 0.3) is 0 Å². The van der Waals surface area contributed by atoms with Crippen molar-refractivity contribution >= 4 is 55.6 Å². The fourth-order valence-electron chi connectivity index (χ4n) is 0.722. The van der Waals surface area contributed by atoms with Gasteiger partial charge in [-0.05, 0) is 59.9 Å². The fraction of sp³-hybridized carbons (Fsp3) is 0. The third-order valence-electron chi connectivity index (χ3n) is 1.18. The molecule has 0 fully saturated rings. The highest BCUT2D eigenvalue weighted by molar-refractivity contribution is 9.14. The molecule has 0 aromatic heterocycles. The molecule has 8 heteroatoms. The topological polar surface area (TPSA) is 66.8 Å². The molecule has 1 aromatic rings. The Morgan fingerprint density at radius 3 is 1.93 bits per heavy atom. The molecule has 1 aromatic carbocycles. The first kappa shape index (κ1) is 12.7. The van der Waals surface area contributed by atoms with Gasteiger partial charge >= 0.3 is 7.82 Å². The first-order valence-corrected chi connectivity index (χ1v) is 7.10. The van der Waals surface area contributed by atoms with Crippen LogP contribution in [-0.2, 0) is 4.57 Å². The number of rotatable bonds is 2. The predicted molar refractivity (Wildman–Crippen MR) is 62.2 cm³/mol. The molecule has 14 heavy (non-hydrogen) atoms. The van der Waals surface area contributed by atoms with Gasteiger partial charge in [-0.2, -0.15) is 0 Å². The Bertz CT molecular complexity index is 379. The molecular weight excluding hydrogens is 407 g/mol. The van der Waals surface area contributed by atoms with E-state index in [1.807, 2.05) is 0 Å². The molecule has 0 aliphatic carbocycles. The van der Waals surface area contributed by atoms with Crippen molar-refractivity contribution in [3.8, 4) is 5.75 Å². The third-order valence-corrected chi connectivity index (χ3v) is 4.80. The molecule has 0 saturated carbocycles. The second kappa shape index (κ2) is 4.63. The average Bonchev–Trinajstić information content (AvgIpc) is 1.96. The van der Waals surface area contributed by atoms with E-state index < -0.39 is 7.82 Å². The minimum atomic E-state index is -4.50. The summed E-state index contributed by atoms with van der Waals surface area (Å²) in [5, 5.41) is 0. The normalized spacial score (nSPS) is 11.5. The molecule has 0 bridgehead atoms. The first-order chi connectivity index (χ1) is 6.29. The maximum atomic E-state index is 10.5. The van der Waals surface area contributed by atoms with Crippen molar-refractivity contribution in [3.05, 3.63) is 25.6 Å². The minimum absolute atomic E-state index is 0.0836. The lowest BCUT2D eigenvalue weighted by Crippen LogP contribution is -1.90. The van der Waals surface area contributed by atoms with E-state index in [4.69, 9.17) is 9.79 Å². The SMILES string of the molecule is O=P(O)(O)Oc1cc(Br)c(Br)c(Br)c1. The highest BCUT2D eigenvalue weighted by Gasteiger charge is 2.17. The standard InChI is InChI=1S/C6H4Br3O4P/c7-4-1-3(13-14(10,11)12)2-5(8)6(4)9/h1-2H,(H2,10,11,12).